The highest BCUT2D eigenvalue weighted by Crippen LogP contribution is 2.17. The fourth-order valence-corrected chi connectivity index (χ4v) is 1.71. The van der Waals surface area contributed by atoms with Gasteiger partial charge >= 0.3 is 0 Å². The highest BCUT2D eigenvalue weighted by atomic mass is 16.5. The maximum atomic E-state index is 12.1. The van der Waals surface area contributed by atoms with E-state index in [0.29, 0.717) is 16.3 Å². The Hall–Kier alpha value is -2.33. The molecule has 0 bridgehead atoms. The third-order valence-electron chi connectivity index (χ3n) is 2.82. The molecule has 0 fully saturated rings. The maximum absolute atomic E-state index is 12.1. The minimum Gasteiger partial charge on any atom is -0.378 e. The summed E-state index contributed by atoms with van der Waals surface area (Å²) in [5, 5.41) is 10.6. The molecule has 0 saturated carbocycles. The molecule has 2 aromatic carbocycles. The number of nitrogens with zero attached hydrogens (tertiary/aromatic N) is 2. The van der Waals surface area contributed by atoms with Crippen LogP contribution in [0.15, 0.2) is 54.6 Å². The van der Waals surface area contributed by atoms with Gasteiger partial charge in [-0.2, -0.15) is 5.06 Å². The number of para-hydroxylation sites is 1. The molecular weight excluding hydrogens is 240 g/mol. The fourth-order valence-electron chi connectivity index (χ4n) is 1.71. The van der Waals surface area contributed by atoms with E-state index in [4.69, 9.17) is 0 Å². The van der Waals surface area contributed by atoms with Crippen molar-refractivity contribution in [1.82, 2.24) is 0 Å². The number of anilines is 2. The Bertz CT molecular complexity index is 550. The summed E-state index contributed by atoms with van der Waals surface area (Å²) in [6, 6.07) is 15.8. The fraction of sp³-hybridized carbons (Fsp3) is 0.133. The third-order valence-corrected chi connectivity index (χ3v) is 2.82. The number of carbonyl (C=O) groups excluding carboxylic acids is 1. The van der Waals surface area contributed by atoms with Gasteiger partial charge in [0.2, 0.25) is 0 Å². The lowest BCUT2D eigenvalue weighted by molar-refractivity contribution is 0.0855. The molecular formula is C15H16N2O2. The zero-order chi connectivity index (χ0) is 13.8. The molecule has 1 amide bonds. The molecule has 2 rings (SSSR count). The third kappa shape index (κ3) is 2.92. The number of carbonyl (C=O) groups is 1. The summed E-state index contributed by atoms with van der Waals surface area (Å²) < 4.78 is 0. The second-order valence-corrected chi connectivity index (χ2v) is 4.39. The van der Waals surface area contributed by atoms with E-state index in [-0.39, 0.29) is 0 Å². The van der Waals surface area contributed by atoms with Gasteiger partial charge in [-0.25, -0.2) is 0 Å². The van der Waals surface area contributed by atoms with Gasteiger partial charge in [-0.1, -0.05) is 18.2 Å². The second kappa shape index (κ2) is 5.54. The Balaban J connectivity index is 2.20. The van der Waals surface area contributed by atoms with Gasteiger partial charge in [0.15, 0.2) is 0 Å². The average Bonchev–Trinajstić information content (AvgIpc) is 2.46. The highest BCUT2D eigenvalue weighted by molar-refractivity contribution is 6.04. The average molecular weight is 256 g/mol. The largest absolute Gasteiger partial charge is 0.378 e. The predicted molar refractivity (Wildman–Crippen MR) is 75.8 cm³/mol. The van der Waals surface area contributed by atoms with Gasteiger partial charge in [0, 0.05) is 25.3 Å². The van der Waals surface area contributed by atoms with Crippen molar-refractivity contribution in [2.24, 2.45) is 0 Å². The molecule has 0 saturated heterocycles. The maximum Gasteiger partial charge on any atom is 0.281 e. The smallest absolute Gasteiger partial charge is 0.281 e. The van der Waals surface area contributed by atoms with Gasteiger partial charge in [-0.3, -0.25) is 10.0 Å². The molecule has 2 aromatic rings. The number of hydroxylamine groups is 1. The standard InChI is InChI=1S/C15H16N2O2/c1-16(2)13-10-8-12(9-11-13)15(18)17(19)14-6-4-3-5-7-14/h3-11,19H,1-2H3. The lowest BCUT2D eigenvalue weighted by Crippen LogP contribution is -2.26. The van der Waals surface area contributed by atoms with Crippen LogP contribution in [0, 0.1) is 0 Å². The molecule has 0 unspecified atom stereocenters. The van der Waals surface area contributed by atoms with Crippen molar-refractivity contribution in [1.29, 1.82) is 0 Å². The van der Waals surface area contributed by atoms with E-state index in [9.17, 15) is 10.0 Å². The lowest BCUT2D eigenvalue weighted by Gasteiger charge is -2.16. The van der Waals surface area contributed by atoms with Gasteiger partial charge in [0.05, 0.1) is 5.69 Å². The molecule has 4 heteroatoms. The molecule has 0 heterocycles. The van der Waals surface area contributed by atoms with Crippen molar-refractivity contribution in [3.63, 3.8) is 0 Å². The highest BCUT2D eigenvalue weighted by Gasteiger charge is 2.15. The molecule has 0 atom stereocenters. The van der Waals surface area contributed by atoms with Crippen LogP contribution >= 0.6 is 0 Å². The first-order valence-electron chi connectivity index (χ1n) is 5.95. The Morgan fingerprint density at radius 3 is 2.00 bits per heavy atom. The number of benzene rings is 2. The Morgan fingerprint density at radius 1 is 0.895 bits per heavy atom. The van der Waals surface area contributed by atoms with Crippen LogP contribution < -0.4 is 9.96 Å². The van der Waals surface area contributed by atoms with Crippen molar-refractivity contribution >= 4 is 17.3 Å². The van der Waals surface area contributed by atoms with Crippen LogP contribution in [0.25, 0.3) is 0 Å². The van der Waals surface area contributed by atoms with Crippen molar-refractivity contribution in [2.75, 3.05) is 24.1 Å². The summed E-state index contributed by atoms with van der Waals surface area (Å²) in [6.45, 7) is 0. The molecule has 1 N–H and O–H groups in total. The van der Waals surface area contributed by atoms with E-state index in [2.05, 4.69) is 0 Å². The predicted octanol–water partition coefficient (Wildman–Crippen LogP) is 2.79. The molecule has 0 aliphatic rings. The molecule has 98 valence electrons. The Morgan fingerprint density at radius 2 is 1.47 bits per heavy atom. The molecule has 19 heavy (non-hydrogen) atoms. The van der Waals surface area contributed by atoms with Crippen LogP contribution in [-0.4, -0.2) is 25.2 Å². The number of amides is 1. The van der Waals surface area contributed by atoms with Crippen LogP contribution in [0.3, 0.4) is 0 Å². The summed E-state index contributed by atoms with van der Waals surface area (Å²) in [6.07, 6.45) is 0. The molecule has 4 nitrogen and oxygen atoms in total. The van der Waals surface area contributed by atoms with E-state index < -0.39 is 5.91 Å². The minimum absolute atomic E-state index is 0.442. The summed E-state index contributed by atoms with van der Waals surface area (Å²) in [7, 11) is 3.86. The molecule has 0 spiro atoms. The monoisotopic (exact) mass is 256 g/mol. The first kappa shape index (κ1) is 13.1. The van der Waals surface area contributed by atoms with Crippen LogP contribution in [0.5, 0.6) is 0 Å². The minimum atomic E-state index is -0.448. The topological polar surface area (TPSA) is 43.8 Å². The summed E-state index contributed by atoms with van der Waals surface area (Å²) in [5.74, 6) is -0.448. The van der Waals surface area contributed by atoms with E-state index >= 15 is 0 Å². The lowest BCUT2D eigenvalue weighted by atomic mass is 10.2. The van der Waals surface area contributed by atoms with Crippen molar-refractivity contribution in [3.8, 4) is 0 Å². The SMILES string of the molecule is CN(C)c1ccc(C(=O)N(O)c2ccccc2)cc1. The van der Waals surface area contributed by atoms with Gasteiger partial charge in [-0.05, 0) is 36.4 Å². The van der Waals surface area contributed by atoms with E-state index in [1.807, 2.05) is 37.2 Å². The van der Waals surface area contributed by atoms with E-state index in [1.54, 1.807) is 36.4 Å². The van der Waals surface area contributed by atoms with Gasteiger partial charge in [-0.15, -0.1) is 0 Å². The van der Waals surface area contributed by atoms with Gasteiger partial charge < -0.3 is 4.90 Å². The van der Waals surface area contributed by atoms with E-state index in [1.165, 1.54) is 0 Å². The molecule has 0 aliphatic carbocycles. The number of hydrogen-bond donors (Lipinski definition) is 1. The van der Waals surface area contributed by atoms with Crippen molar-refractivity contribution < 1.29 is 10.0 Å². The summed E-state index contributed by atoms with van der Waals surface area (Å²) >= 11 is 0. The number of rotatable bonds is 3. The van der Waals surface area contributed by atoms with Crippen molar-refractivity contribution in [3.05, 3.63) is 60.2 Å². The van der Waals surface area contributed by atoms with Crippen molar-refractivity contribution in [2.45, 2.75) is 0 Å². The van der Waals surface area contributed by atoms with Gasteiger partial charge in [0.25, 0.3) is 5.91 Å². The van der Waals surface area contributed by atoms with Crippen LogP contribution in [0.1, 0.15) is 10.4 Å². The van der Waals surface area contributed by atoms with Crippen LogP contribution in [0.2, 0.25) is 0 Å². The zero-order valence-corrected chi connectivity index (χ0v) is 10.9. The van der Waals surface area contributed by atoms with Gasteiger partial charge in [0.1, 0.15) is 0 Å². The first-order valence-corrected chi connectivity index (χ1v) is 5.95. The Kier molecular flexibility index (Phi) is 3.82. The van der Waals surface area contributed by atoms with Crippen LogP contribution in [-0.2, 0) is 0 Å². The Labute approximate surface area is 112 Å². The van der Waals surface area contributed by atoms with Crippen LogP contribution in [0.4, 0.5) is 11.4 Å². The quantitative estimate of drug-likeness (QED) is 0.678. The summed E-state index contributed by atoms with van der Waals surface area (Å²) in [5.41, 5.74) is 1.89. The molecule has 0 aromatic heterocycles. The normalized spacial score (nSPS) is 10.1. The summed E-state index contributed by atoms with van der Waals surface area (Å²) in [4.78, 5) is 14.0. The number of hydrogen-bond acceptors (Lipinski definition) is 3. The molecule has 0 aliphatic heterocycles. The second-order valence-electron chi connectivity index (χ2n) is 4.39. The zero-order valence-electron chi connectivity index (χ0n) is 10.9. The first-order chi connectivity index (χ1) is 9.09. The van der Waals surface area contributed by atoms with E-state index in [0.717, 1.165) is 5.69 Å². The molecule has 0 radical (unpaired) electrons.